The maximum absolute atomic E-state index is 13.0. The molecule has 1 nitrogen and oxygen atoms in total. The van der Waals surface area contributed by atoms with Crippen molar-refractivity contribution in [2.24, 2.45) is 5.92 Å². The molecule has 0 heterocycles. The first kappa shape index (κ1) is 9.20. The molecule has 0 aromatic heterocycles. The number of halogens is 1. The molecule has 1 atom stereocenters. The minimum atomic E-state index is -0.183. The van der Waals surface area contributed by atoms with Gasteiger partial charge in [0.25, 0.3) is 0 Å². The largest absolute Gasteiger partial charge is 0.396 e. The summed E-state index contributed by atoms with van der Waals surface area (Å²) in [5, 5.41) is 8.76. The lowest BCUT2D eigenvalue weighted by atomic mass is 10.0. The lowest BCUT2D eigenvalue weighted by Gasteiger charge is -2.07. The maximum Gasteiger partial charge on any atom is 0.126 e. The van der Waals surface area contributed by atoms with E-state index < -0.39 is 0 Å². The molecule has 1 rings (SSSR count). The highest BCUT2D eigenvalue weighted by molar-refractivity contribution is 5.17. The highest BCUT2D eigenvalue weighted by Gasteiger charge is 2.05. The van der Waals surface area contributed by atoms with E-state index >= 15 is 0 Å². The molecule has 0 saturated heterocycles. The van der Waals surface area contributed by atoms with Crippen molar-refractivity contribution >= 4 is 0 Å². The number of aliphatic hydroxyl groups is 1. The van der Waals surface area contributed by atoms with Crippen LogP contribution in [0.4, 0.5) is 4.39 Å². The van der Waals surface area contributed by atoms with Gasteiger partial charge in [-0.15, -0.1) is 0 Å². The van der Waals surface area contributed by atoms with E-state index in [1.165, 1.54) is 6.07 Å². The van der Waals surface area contributed by atoms with Crippen LogP contribution in [0.15, 0.2) is 24.3 Å². The molecule has 1 unspecified atom stereocenters. The molecule has 0 radical (unpaired) electrons. The molecule has 0 amide bonds. The minimum absolute atomic E-state index is 0.105. The number of hydrogen-bond acceptors (Lipinski definition) is 1. The number of benzene rings is 1. The van der Waals surface area contributed by atoms with Gasteiger partial charge < -0.3 is 5.11 Å². The normalized spacial score (nSPS) is 12.9. The Labute approximate surface area is 71.9 Å². The van der Waals surface area contributed by atoms with Gasteiger partial charge in [-0.05, 0) is 24.0 Å². The van der Waals surface area contributed by atoms with Crippen LogP contribution in [0.25, 0.3) is 0 Å². The second-order valence-electron chi connectivity index (χ2n) is 3.08. The van der Waals surface area contributed by atoms with Gasteiger partial charge in [-0.2, -0.15) is 0 Å². The zero-order chi connectivity index (χ0) is 8.97. The van der Waals surface area contributed by atoms with Crippen molar-refractivity contribution in [2.75, 3.05) is 6.61 Å². The molecule has 12 heavy (non-hydrogen) atoms. The van der Waals surface area contributed by atoms with E-state index in [1.807, 2.05) is 13.0 Å². The van der Waals surface area contributed by atoms with Gasteiger partial charge in [-0.25, -0.2) is 4.39 Å². The Morgan fingerprint density at radius 1 is 1.42 bits per heavy atom. The van der Waals surface area contributed by atoms with Crippen molar-refractivity contribution in [3.8, 4) is 0 Å². The summed E-state index contributed by atoms with van der Waals surface area (Å²) in [7, 11) is 0. The van der Waals surface area contributed by atoms with E-state index in [4.69, 9.17) is 5.11 Å². The molecule has 0 spiro atoms. The van der Waals surface area contributed by atoms with Crippen LogP contribution in [-0.4, -0.2) is 11.7 Å². The average Bonchev–Trinajstić information content (AvgIpc) is 2.09. The molecule has 1 aromatic carbocycles. The number of hydrogen-bond donors (Lipinski definition) is 1. The first-order chi connectivity index (χ1) is 5.74. The third-order valence-electron chi connectivity index (χ3n) is 1.84. The Balaban J connectivity index is 2.69. The van der Waals surface area contributed by atoms with Crippen LogP contribution in [0.1, 0.15) is 12.5 Å². The van der Waals surface area contributed by atoms with E-state index in [0.717, 1.165) is 0 Å². The Kier molecular flexibility index (Phi) is 3.23. The SMILES string of the molecule is CC(CO)Cc1ccccc1F. The van der Waals surface area contributed by atoms with Crippen molar-refractivity contribution < 1.29 is 9.50 Å². The topological polar surface area (TPSA) is 20.2 Å². The summed E-state index contributed by atoms with van der Waals surface area (Å²) >= 11 is 0. The van der Waals surface area contributed by atoms with Crippen LogP contribution < -0.4 is 0 Å². The molecule has 0 saturated carbocycles. The standard InChI is InChI=1S/C10H13FO/c1-8(7-12)6-9-4-2-3-5-10(9)11/h2-5,8,12H,6-7H2,1H3. The van der Waals surface area contributed by atoms with Crippen LogP contribution in [-0.2, 0) is 6.42 Å². The van der Waals surface area contributed by atoms with Crippen LogP contribution in [0.3, 0.4) is 0 Å². The third-order valence-corrected chi connectivity index (χ3v) is 1.84. The average molecular weight is 168 g/mol. The van der Waals surface area contributed by atoms with E-state index in [1.54, 1.807) is 12.1 Å². The number of rotatable bonds is 3. The monoisotopic (exact) mass is 168 g/mol. The Morgan fingerprint density at radius 2 is 2.08 bits per heavy atom. The van der Waals surface area contributed by atoms with Crippen LogP contribution in [0.5, 0.6) is 0 Å². The van der Waals surface area contributed by atoms with Gasteiger partial charge in [0.2, 0.25) is 0 Å². The van der Waals surface area contributed by atoms with Crippen LogP contribution in [0.2, 0.25) is 0 Å². The van der Waals surface area contributed by atoms with Crippen LogP contribution in [0, 0.1) is 11.7 Å². The second kappa shape index (κ2) is 4.21. The molecule has 1 aromatic rings. The van der Waals surface area contributed by atoms with E-state index in [9.17, 15) is 4.39 Å². The summed E-state index contributed by atoms with van der Waals surface area (Å²) in [6.45, 7) is 2.00. The smallest absolute Gasteiger partial charge is 0.126 e. The fourth-order valence-electron chi connectivity index (χ4n) is 1.10. The predicted octanol–water partition coefficient (Wildman–Crippen LogP) is 2.00. The highest BCUT2D eigenvalue weighted by Crippen LogP contribution is 2.11. The van der Waals surface area contributed by atoms with Crippen molar-refractivity contribution in [1.82, 2.24) is 0 Å². The molecule has 0 fully saturated rings. The van der Waals surface area contributed by atoms with Gasteiger partial charge in [-0.3, -0.25) is 0 Å². The first-order valence-corrected chi connectivity index (χ1v) is 4.08. The van der Waals surface area contributed by atoms with Gasteiger partial charge in [0.15, 0.2) is 0 Å². The van der Waals surface area contributed by atoms with Gasteiger partial charge in [0.1, 0.15) is 5.82 Å². The summed E-state index contributed by atoms with van der Waals surface area (Å²) in [5.74, 6) is -0.0558. The summed E-state index contributed by atoms with van der Waals surface area (Å²) in [6, 6.07) is 6.67. The van der Waals surface area contributed by atoms with Crippen molar-refractivity contribution in [1.29, 1.82) is 0 Å². The van der Waals surface area contributed by atoms with Gasteiger partial charge in [-0.1, -0.05) is 25.1 Å². The molecule has 0 bridgehead atoms. The summed E-state index contributed by atoms with van der Waals surface area (Å²) in [6.07, 6.45) is 0.600. The Bertz CT molecular complexity index is 247. The van der Waals surface area contributed by atoms with Crippen molar-refractivity contribution in [3.63, 3.8) is 0 Å². The molecular formula is C10H13FO. The van der Waals surface area contributed by atoms with E-state index in [0.29, 0.717) is 12.0 Å². The van der Waals surface area contributed by atoms with Gasteiger partial charge in [0, 0.05) is 6.61 Å². The zero-order valence-electron chi connectivity index (χ0n) is 7.13. The van der Waals surface area contributed by atoms with Crippen molar-refractivity contribution in [2.45, 2.75) is 13.3 Å². The summed E-state index contributed by atoms with van der Waals surface area (Å²) in [5.41, 5.74) is 0.680. The summed E-state index contributed by atoms with van der Waals surface area (Å²) in [4.78, 5) is 0. The van der Waals surface area contributed by atoms with Crippen molar-refractivity contribution in [3.05, 3.63) is 35.6 Å². The lowest BCUT2D eigenvalue weighted by molar-refractivity contribution is 0.236. The maximum atomic E-state index is 13.0. The lowest BCUT2D eigenvalue weighted by Crippen LogP contribution is -2.05. The zero-order valence-corrected chi connectivity index (χ0v) is 7.13. The molecule has 0 aliphatic carbocycles. The molecular weight excluding hydrogens is 155 g/mol. The fourth-order valence-corrected chi connectivity index (χ4v) is 1.10. The van der Waals surface area contributed by atoms with Crippen LogP contribution >= 0.6 is 0 Å². The first-order valence-electron chi connectivity index (χ1n) is 4.08. The fraction of sp³-hybridized carbons (Fsp3) is 0.400. The highest BCUT2D eigenvalue weighted by atomic mass is 19.1. The minimum Gasteiger partial charge on any atom is -0.396 e. The molecule has 0 aliphatic heterocycles. The second-order valence-corrected chi connectivity index (χ2v) is 3.08. The third kappa shape index (κ3) is 2.31. The Morgan fingerprint density at radius 3 is 2.67 bits per heavy atom. The predicted molar refractivity (Wildman–Crippen MR) is 46.4 cm³/mol. The number of aliphatic hydroxyl groups excluding tert-OH is 1. The van der Waals surface area contributed by atoms with E-state index in [2.05, 4.69) is 0 Å². The quantitative estimate of drug-likeness (QED) is 0.731. The summed E-state index contributed by atoms with van der Waals surface area (Å²) < 4.78 is 13.0. The van der Waals surface area contributed by atoms with E-state index in [-0.39, 0.29) is 18.3 Å². The molecule has 2 heteroatoms. The van der Waals surface area contributed by atoms with Gasteiger partial charge in [0.05, 0.1) is 0 Å². The molecule has 66 valence electrons. The Hall–Kier alpha value is -0.890. The molecule has 1 N–H and O–H groups in total. The molecule has 0 aliphatic rings. The van der Waals surface area contributed by atoms with Gasteiger partial charge >= 0.3 is 0 Å².